The fourth-order valence-electron chi connectivity index (χ4n) is 5.06. The molecular formula is C27H42N4O3. The minimum absolute atomic E-state index is 0.0190. The Morgan fingerprint density at radius 2 is 1.91 bits per heavy atom. The van der Waals surface area contributed by atoms with Gasteiger partial charge >= 0.3 is 6.03 Å². The van der Waals surface area contributed by atoms with Crippen molar-refractivity contribution in [2.24, 2.45) is 11.8 Å². The quantitative estimate of drug-likeness (QED) is 0.500. The average Bonchev–Trinajstić information content (AvgIpc) is 3.06. The van der Waals surface area contributed by atoms with Crippen molar-refractivity contribution in [2.45, 2.75) is 45.1 Å². The first-order valence-electron chi connectivity index (χ1n) is 12.6. The fraction of sp³-hybridized carbons (Fsp3) is 0.630. The first-order chi connectivity index (χ1) is 16.3. The summed E-state index contributed by atoms with van der Waals surface area (Å²) in [4.78, 5) is 32.3. The van der Waals surface area contributed by atoms with E-state index in [0.717, 1.165) is 50.2 Å². The number of carbonyl (C=O) groups is 2. The minimum atomic E-state index is -0.757. The second-order valence-electron chi connectivity index (χ2n) is 10.3. The molecule has 0 aliphatic carbocycles. The van der Waals surface area contributed by atoms with Gasteiger partial charge in [0.15, 0.2) is 0 Å². The highest BCUT2D eigenvalue weighted by molar-refractivity contribution is 6.07. The van der Waals surface area contributed by atoms with Crippen LogP contribution in [0.15, 0.2) is 30.3 Å². The van der Waals surface area contributed by atoms with Crippen LogP contribution in [0.1, 0.15) is 45.1 Å². The van der Waals surface area contributed by atoms with Gasteiger partial charge in [-0.15, -0.1) is 0 Å². The van der Waals surface area contributed by atoms with Gasteiger partial charge in [-0.25, -0.2) is 4.79 Å². The lowest BCUT2D eigenvalue weighted by Crippen LogP contribution is -2.56. The second-order valence-corrected chi connectivity index (χ2v) is 10.3. The summed E-state index contributed by atoms with van der Waals surface area (Å²) in [5.74, 6) is 1.51. The third-order valence-electron chi connectivity index (χ3n) is 7.17. The molecule has 1 unspecified atom stereocenters. The van der Waals surface area contributed by atoms with Gasteiger partial charge in [0.25, 0.3) is 5.91 Å². The van der Waals surface area contributed by atoms with Gasteiger partial charge in [-0.2, -0.15) is 0 Å². The zero-order chi connectivity index (χ0) is 24.7. The predicted octanol–water partition coefficient (Wildman–Crippen LogP) is 3.71. The molecule has 0 bridgehead atoms. The molecule has 0 saturated carbocycles. The maximum Gasteiger partial charge on any atom is 0.325 e. The van der Waals surface area contributed by atoms with Crippen LogP contribution in [-0.4, -0.2) is 86.1 Å². The van der Waals surface area contributed by atoms with E-state index in [0.29, 0.717) is 25.4 Å². The first-order valence-corrected chi connectivity index (χ1v) is 12.6. The third-order valence-corrected chi connectivity index (χ3v) is 7.17. The van der Waals surface area contributed by atoms with E-state index in [1.807, 2.05) is 37.2 Å². The smallest absolute Gasteiger partial charge is 0.325 e. The number of ether oxygens (including phenoxy) is 1. The number of piperidine rings is 1. The molecule has 7 heteroatoms. The van der Waals surface area contributed by atoms with Crippen LogP contribution < -0.4 is 10.1 Å². The van der Waals surface area contributed by atoms with Gasteiger partial charge in [0, 0.05) is 25.2 Å². The molecular weight excluding hydrogens is 428 g/mol. The molecule has 1 N–H and O–H groups in total. The van der Waals surface area contributed by atoms with Crippen LogP contribution >= 0.6 is 0 Å². The van der Waals surface area contributed by atoms with Crippen LogP contribution in [0, 0.1) is 11.8 Å². The number of hydrogen-bond donors (Lipinski definition) is 1. The van der Waals surface area contributed by atoms with Crippen LogP contribution in [0.5, 0.6) is 5.75 Å². The molecule has 0 spiro atoms. The number of nitrogens with zero attached hydrogens (tertiary/aromatic N) is 3. The Morgan fingerprint density at radius 3 is 2.56 bits per heavy atom. The average molecular weight is 471 g/mol. The van der Waals surface area contributed by atoms with E-state index >= 15 is 0 Å². The van der Waals surface area contributed by atoms with Crippen molar-refractivity contribution in [1.82, 2.24) is 20.0 Å². The van der Waals surface area contributed by atoms with Gasteiger partial charge in [0.05, 0.1) is 7.11 Å². The zero-order valence-electron chi connectivity index (χ0n) is 21.5. The SMILES string of the molecule is COc1ccccc1/C=C/CN1CCC(C2(CCC(C)C)NC(=O)N(CCN(C)C)C2=O)CC1. The molecule has 0 aromatic heterocycles. The largest absolute Gasteiger partial charge is 0.496 e. The Bertz CT molecular complexity index is 861. The molecule has 2 saturated heterocycles. The van der Waals surface area contributed by atoms with Crippen molar-refractivity contribution >= 4 is 18.0 Å². The number of benzene rings is 1. The lowest BCUT2D eigenvalue weighted by molar-refractivity contribution is -0.134. The molecule has 3 rings (SSSR count). The summed E-state index contributed by atoms with van der Waals surface area (Å²) in [5.41, 5.74) is 0.317. The summed E-state index contributed by atoms with van der Waals surface area (Å²) < 4.78 is 5.43. The van der Waals surface area contributed by atoms with E-state index in [9.17, 15) is 9.59 Å². The number of nitrogens with one attached hydrogen (secondary N) is 1. The normalized spacial score (nSPS) is 22.4. The molecule has 2 aliphatic heterocycles. The molecule has 2 heterocycles. The lowest BCUT2D eigenvalue weighted by atomic mass is 9.74. The van der Waals surface area contributed by atoms with Crippen LogP contribution in [0.4, 0.5) is 4.79 Å². The number of likely N-dealkylation sites (N-methyl/N-ethyl adjacent to an activating group) is 1. The van der Waals surface area contributed by atoms with E-state index < -0.39 is 5.54 Å². The van der Waals surface area contributed by atoms with Crippen molar-refractivity contribution in [3.63, 3.8) is 0 Å². The predicted molar refractivity (Wildman–Crippen MR) is 137 cm³/mol. The maximum atomic E-state index is 13.6. The number of rotatable bonds is 11. The van der Waals surface area contributed by atoms with Crippen LogP contribution in [0.2, 0.25) is 0 Å². The highest BCUT2D eigenvalue weighted by atomic mass is 16.5. The monoisotopic (exact) mass is 470 g/mol. The topological polar surface area (TPSA) is 65.1 Å². The van der Waals surface area contributed by atoms with E-state index in [2.05, 4.69) is 42.3 Å². The van der Waals surface area contributed by atoms with Crippen LogP contribution in [0.3, 0.4) is 0 Å². The highest BCUT2D eigenvalue weighted by Gasteiger charge is 2.55. The van der Waals surface area contributed by atoms with Gasteiger partial charge in [0.1, 0.15) is 11.3 Å². The Kier molecular flexibility index (Phi) is 9.14. The Balaban J connectivity index is 1.64. The standard InChI is InChI=1S/C27H42N4O3/c1-21(2)12-15-27(25(32)31(26(33)28-27)20-19-29(3)4)23-13-17-30(18-14-23)16-8-10-22-9-6-7-11-24(22)34-5/h6-11,21,23H,12-20H2,1-5H3,(H,28,33)/b10-8+. The first kappa shape index (κ1) is 26.2. The summed E-state index contributed by atoms with van der Waals surface area (Å²) in [6.45, 7) is 8.17. The van der Waals surface area contributed by atoms with Gasteiger partial charge in [-0.05, 0) is 70.8 Å². The van der Waals surface area contributed by atoms with E-state index in [1.165, 1.54) is 4.90 Å². The molecule has 2 fully saturated rings. The maximum absolute atomic E-state index is 13.6. The number of amides is 3. The van der Waals surface area contributed by atoms with Crippen LogP contribution in [-0.2, 0) is 4.79 Å². The van der Waals surface area contributed by atoms with Crippen LogP contribution in [0.25, 0.3) is 6.08 Å². The van der Waals surface area contributed by atoms with Gasteiger partial charge in [0.2, 0.25) is 0 Å². The number of hydrogen-bond acceptors (Lipinski definition) is 5. The lowest BCUT2D eigenvalue weighted by Gasteiger charge is -2.41. The second kappa shape index (κ2) is 11.8. The number of para-hydroxylation sites is 1. The molecule has 34 heavy (non-hydrogen) atoms. The molecule has 7 nitrogen and oxygen atoms in total. The molecule has 1 atom stereocenters. The number of imide groups is 1. The van der Waals surface area contributed by atoms with Crippen molar-refractivity contribution in [3.05, 3.63) is 35.9 Å². The number of methoxy groups -OCH3 is 1. The number of urea groups is 1. The highest BCUT2D eigenvalue weighted by Crippen LogP contribution is 2.38. The van der Waals surface area contributed by atoms with Crippen molar-refractivity contribution in [3.8, 4) is 5.75 Å². The molecule has 2 aliphatic rings. The molecule has 188 valence electrons. The summed E-state index contributed by atoms with van der Waals surface area (Å²) in [6.07, 6.45) is 7.75. The summed E-state index contributed by atoms with van der Waals surface area (Å²) >= 11 is 0. The Hall–Kier alpha value is -2.38. The number of carbonyl (C=O) groups excluding carboxylic acids is 2. The molecule has 1 aromatic carbocycles. The molecule has 0 radical (unpaired) electrons. The summed E-state index contributed by atoms with van der Waals surface area (Å²) in [7, 11) is 5.61. The van der Waals surface area contributed by atoms with E-state index in [4.69, 9.17) is 4.74 Å². The van der Waals surface area contributed by atoms with Crippen molar-refractivity contribution < 1.29 is 14.3 Å². The zero-order valence-corrected chi connectivity index (χ0v) is 21.5. The van der Waals surface area contributed by atoms with Gasteiger partial charge in [-0.1, -0.05) is 44.2 Å². The Morgan fingerprint density at radius 1 is 1.21 bits per heavy atom. The fourth-order valence-corrected chi connectivity index (χ4v) is 5.06. The van der Waals surface area contributed by atoms with E-state index in [1.54, 1.807) is 7.11 Å². The van der Waals surface area contributed by atoms with Crippen molar-refractivity contribution in [2.75, 3.05) is 53.9 Å². The van der Waals surface area contributed by atoms with E-state index in [-0.39, 0.29) is 17.9 Å². The summed E-state index contributed by atoms with van der Waals surface area (Å²) in [5, 5.41) is 3.18. The van der Waals surface area contributed by atoms with Gasteiger partial charge < -0.3 is 15.0 Å². The minimum Gasteiger partial charge on any atom is -0.496 e. The third kappa shape index (κ3) is 6.19. The molecule has 1 aromatic rings. The summed E-state index contributed by atoms with van der Waals surface area (Å²) in [6, 6.07) is 7.78. The number of likely N-dealkylation sites (tertiary alicyclic amines) is 1. The Labute approximate surface area is 205 Å². The van der Waals surface area contributed by atoms with Crippen molar-refractivity contribution in [1.29, 1.82) is 0 Å². The molecule has 3 amide bonds. The van der Waals surface area contributed by atoms with Gasteiger partial charge in [-0.3, -0.25) is 14.6 Å².